The Kier molecular flexibility index (Phi) is 3.85. The molecule has 1 N–H and O–H groups in total. The van der Waals surface area contributed by atoms with Crippen LogP contribution in [-0.2, 0) is 6.18 Å². The second-order valence-electron chi connectivity index (χ2n) is 3.37. The van der Waals surface area contributed by atoms with Crippen LogP contribution in [0.25, 0.3) is 0 Å². The highest BCUT2D eigenvalue weighted by Crippen LogP contribution is 2.31. The summed E-state index contributed by atoms with van der Waals surface area (Å²) >= 11 is 3.43. The zero-order valence-electron chi connectivity index (χ0n) is 9.03. The number of hydrogen-bond acceptors (Lipinski definition) is 4. The minimum atomic E-state index is -4.59. The molecule has 0 spiro atoms. The maximum Gasteiger partial charge on any atom is 0.445 e. The largest absolute Gasteiger partial charge is 0.445 e. The Morgan fingerprint density at radius 2 is 1.84 bits per heavy atom. The van der Waals surface area contributed by atoms with Crippen molar-refractivity contribution in [3.63, 3.8) is 0 Å². The molecule has 0 atom stereocenters. The predicted molar refractivity (Wildman–Crippen MR) is 67.0 cm³/mol. The summed E-state index contributed by atoms with van der Waals surface area (Å²) in [5, 5.41) is 7.11. The number of rotatable bonds is 2. The molecule has 2 aromatic rings. The number of anilines is 1. The number of halogens is 4. The first-order valence-electron chi connectivity index (χ1n) is 4.84. The third kappa shape index (κ3) is 3.51. The van der Waals surface area contributed by atoms with Gasteiger partial charge < -0.3 is 5.32 Å². The Labute approximate surface area is 117 Å². The van der Waals surface area contributed by atoms with E-state index in [2.05, 4.69) is 31.4 Å². The molecular weight excluding hydrogens is 347 g/mol. The standard InChI is InChI=1S/C10H5BrF3N3OS/c11-5-1-3-6(4-2-5)15-7(18)8-16-17-9(19-8)10(12,13)14/h1-4H,(H,15,18). The maximum absolute atomic E-state index is 12.3. The van der Waals surface area contributed by atoms with Crippen molar-refractivity contribution in [1.82, 2.24) is 10.2 Å². The molecule has 2 rings (SSSR count). The molecule has 1 aromatic carbocycles. The summed E-state index contributed by atoms with van der Waals surface area (Å²) in [6.07, 6.45) is -4.59. The number of benzene rings is 1. The van der Waals surface area contributed by atoms with E-state index >= 15 is 0 Å². The first-order chi connectivity index (χ1) is 8.86. The number of amides is 1. The molecule has 0 saturated heterocycles. The molecule has 100 valence electrons. The van der Waals surface area contributed by atoms with E-state index in [1.54, 1.807) is 24.3 Å². The Hall–Kier alpha value is -1.48. The van der Waals surface area contributed by atoms with Crippen molar-refractivity contribution in [2.75, 3.05) is 5.32 Å². The van der Waals surface area contributed by atoms with Gasteiger partial charge >= 0.3 is 6.18 Å². The molecule has 9 heteroatoms. The quantitative estimate of drug-likeness (QED) is 0.899. The zero-order chi connectivity index (χ0) is 14.0. The van der Waals surface area contributed by atoms with Crippen LogP contribution in [0.2, 0.25) is 0 Å². The summed E-state index contributed by atoms with van der Waals surface area (Å²) in [5.41, 5.74) is 0.456. The molecule has 0 radical (unpaired) electrons. The third-order valence-electron chi connectivity index (χ3n) is 1.96. The molecule has 0 saturated carbocycles. The highest BCUT2D eigenvalue weighted by Gasteiger charge is 2.36. The van der Waals surface area contributed by atoms with Crippen LogP contribution in [0.3, 0.4) is 0 Å². The SMILES string of the molecule is O=C(Nc1ccc(Br)cc1)c1nnc(C(F)(F)F)s1. The van der Waals surface area contributed by atoms with E-state index in [1.165, 1.54) is 0 Å². The van der Waals surface area contributed by atoms with E-state index < -0.39 is 17.1 Å². The predicted octanol–water partition coefficient (Wildman–Crippen LogP) is 3.57. The van der Waals surface area contributed by atoms with Crippen LogP contribution in [0.1, 0.15) is 14.8 Å². The van der Waals surface area contributed by atoms with Crippen LogP contribution in [0, 0.1) is 0 Å². The summed E-state index contributed by atoms with van der Waals surface area (Å²) in [7, 11) is 0. The number of nitrogens with one attached hydrogen (secondary N) is 1. The Balaban J connectivity index is 2.12. The van der Waals surface area contributed by atoms with E-state index in [9.17, 15) is 18.0 Å². The molecule has 0 aliphatic rings. The van der Waals surface area contributed by atoms with Gasteiger partial charge in [0.25, 0.3) is 5.91 Å². The summed E-state index contributed by atoms with van der Waals surface area (Å²) in [4.78, 5) is 11.7. The summed E-state index contributed by atoms with van der Waals surface area (Å²) < 4.78 is 37.7. The molecule has 4 nitrogen and oxygen atoms in total. The van der Waals surface area contributed by atoms with Crippen LogP contribution in [0.15, 0.2) is 28.7 Å². The molecule has 0 bridgehead atoms. The second-order valence-corrected chi connectivity index (χ2v) is 5.26. The van der Waals surface area contributed by atoms with Crippen molar-refractivity contribution in [3.8, 4) is 0 Å². The first-order valence-corrected chi connectivity index (χ1v) is 6.45. The lowest BCUT2D eigenvalue weighted by Crippen LogP contribution is -2.11. The van der Waals surface area contributed by atoms with Gasteiger partial charge in [0.15, 0.2) is 0 Å². The van der Waals surface area contributed by atoms with Crippen molar-refractivity contribution in [2.45, 2.75) is 6.18 Å². The van der Waals surface area contributed by atoms with Gasteiger partial charge in [-0.3, -0.25) is 4.79 Å². The maximum atomic E-state index is 12.3. The Morgan fingerprint density at radius 3 is 2.37 bits per heavy atom. The van der Waals surface area contributed by atoms with E-state index in [0.29, 0.717) is 5.69 Å². The van der Waals surface area contributed by atoms with Gasteiger partial charge in [0.2, 0.25) is 10.0 Å². The fraction of sp³-hybridized carbons (Fsp3) is 0.100. The van der Waals surface area contributed by atoms with E-state index in [4.69, 9.17) is 0 Å². The minimum Gasteiger partial charge on any atom is -0.320 e. The smallest absolute Gasteiger partial charge is 0.320 e. The number of carbonyl (C=O) groups excluding carboxylic acids is 1. The molecule has 1 aromatic heterocycles. The van der Waals surface area contributed by atoms with Gasteiger partial charge in [-0.15, -0.1) is 10.2 Å². The van der Waals surface area contributed by atoms with E-state index in [1.807, 2.05) is 0 Å². The lowest BCUT2D eigenvalue weighted by Gasteiger charge is -2.02. The number of alkyl halides is 3. The van der Waals surface area contributed by atoms with Crippen LogP contribution in [0.4, 0.5) is 18.9 Å². The molecule has 0 aliphatic heterocycles. The molecule has 1 amide bonds. The Morgan fingerprint density at radius 1 is 1.21 bits per heavy atom. The number of nitrogens with zero attached hydrogens (tertiary/aromatic N) is 2. The third-order valence-corrected chi connectivity index (χ3v) is 3.46. The highest BCUT2D eigenvalue weighted by atomic mass is 79.9. The van der Waals surface area contributed by atoms with Gasteiger partial charge in [0.05, 0.1) is 0 Å². The lowest BCUT2D eigenvalue weighted by atomic mass is 10.3. The Bertz CT molecular complexity index is 597. The van der Waals surface area contributed by atoms with Crippen LogP contribution < -0.4 is 5.32 Å². The topological polar surface area (TPSA) is 54.9 Å². The fourth-order valence-corrected chi connectivity index (χ4v) is 2.02. The molecular formula is C10H5BrF3N3OS. The average Bonchev–Trinajstić information content (AvgIpc) is 2.81. The van der Waals surface area contributed by atoms with Crippen LogP contribution >= 0.6 is 27.3 Å². The van der Waals surface area contributed by atoms with Gasteiger partial charge in [-0.1, -0.05) is 27.3 Å². The summed E-state index contributed by atoms with van der Waals surface area (Å²) in [6, 6.07) is 6.59. The normalized spacial score (nSPS) is 11.4. The minimum absolute atomic E-state index is 0.202. The summed E-state index contributed by atoms with van der Waals surface area (Å²) in [6.45, 7) is 0. The van der Waals surface area contributed by atoms with Crippen LogP contribution in [-0.4, -0.2) is 16.1 Å². The number of carbonyl (C=O) groups is 1. The van der Waals surface area contributed by atoms with Crippen molar-refractivity contribution >= 4 is 38.9 Å². The monoisotopic (exact) mass is 351 g/mol. The molecule has 1 heterocycles. The van der Waals surface area contributed by atoms with Gasteiger partial charge in [0, 0.05) is 10.2 Å². The highest BCUT2D eigenvalue weighted by molar-refractivity contribution is 9.10. The molecule has 19 heavy (non-hydrogen) atoms. The van der Waals surface area contributed by atoms with Gasteiger partial charge in [-0.05, 0) is 24.3 Å². The molecule has 0 aliphatic carbocycles. The average molecular weight is 352 g/mol. The van der Waals surface area contributed by atoms with Gasteiger partial charge in [-0.25, -0.2) is 0 Å². The number of aromatic nitrogens is 2. The zero-order valence-corrected chi connectivity index (χ0v) is 11.4. The second kappa shape index (κ2) is 5.25. The molecule has 0 unspecified atom stereocenters. The van der Waals surface area contributed by atoms with Crippen molar-refractivity contribution in [1.29, 1.82) is 0 Å². The first kappa shape index (κ1) is 13.9. The van der Waals surface area contributed by atoms with Gasteiger partial charge in [-0.2, -0.15) is 13.2 Å². The van der Waals surface area contributed by atoms with Crippen molar-refractivity contribution < 1.29 is 18.0 Å². The fourth-order valence-electron chi connectivity index (χ4n) is 1.15. The van der Waals surface area contributed by atoms with Crippen molar-refractivity contribution in [2.24, 2.45) is 0 Å². The van der Waals surface area contributed by atoms with Crippen molar-refractivity contribution in [3.05, 3.63) is 38.8 Å². The lowest BCUT2D eigenvalue weighted by molar-refractivity contribution is -0.138. The van der Waals surface area contributed by atoms with E-state index in [-0.39, 0.29) is 16.3 Å². The summed E-state index contributed by atoms with van der Waals surface area (Å²) in [5.74, 6) is -0.727. The van der Waals surface area contributed by atoms with Crippen LogP contribution in [0.5, 0.6) is 0 Å². The van der Waals surface area contributed by atoms with Gasteiger partial charge in [0.1, 0.15) is 0 Å². The number of hydrogen-bond donors (Lipinski definition) is 1. The molecule has 0 fully saturated rings. The van der Waals surface area contributed by atoms with E-state index in [0.717, 1.165) is 4.47 Å².